The van der Waals surface area contributed by atoms with Crippen LogP contribution in [0.2, 0.25) is 0 Å². The van der Waals surface area contributed by atoms with Crippen molar-refractivity contribution < 1.29 is 0 Å². The number of thiophene rings is 1. The van der Waals surface area contributed by atoms with Crippen molar-refractivity contribution in [1.82, 2.24) is 0 Å². The topological polar surface area (TPSA) is 3.24 Å². The number of hydrogen-bond acceptors (Lipinski definition) is 2. The lowest BCUT2D eigenvalue weighted by Crippen LogP contribution is -2.10. The Kier molecular flexibility index (Phi) is 6.40. The molecule has 0 bridgehead atoms. The fourth-order valence-electron chi connectivity index (χ4n) is 6.76. The van der Waals surface area contributed by atoms with Crippen molar-refractivity contribution in [2.24, 2.45) is 0 Å². The Morgan fingerprint density at radius 3 is 1.83 bits per heavy atom. The molecule has 0 aliphatic rings. The average molecular weight is 604 g/mol. The van der Waals surface area contributed by atoms with Gasteiger partial charge in [-0.1, -0.05) is 140 Å². The van der Waals surface area contributed by atoms with E-state index in [9.17, 15) is 0 Å². The number of nitrogens with zero attached hydrogens (tertiary/aromatic N) is 1. The van der Waals surface area contributed by atoms with Gasteiger partial charge in [-0.15, -0.1) is 11.3 Å². The normalized spacial score (nSPS) is 11.5. The van der Waals surface area contributed by atoms with Crippen LogP contribution in [-0.4, -0.2) is 0 Å². The molecule has 0 unspecified atom stereocenters. The zero-order valence-electron chi connectivity index (χ0n) is 25.1. The van der Waals surface area contributed by atoms with Crippen LogP contribution in [0.3, 0.4) is 0 Å². The Hall–Kier alpha value is -5.70. The van der Waals surface area contributed by atoms with E-state index in [1.54, 1.807) is 0 Å². The number of anilines is 3. The smallest absolute Gasteiger partial charge is 0.0468 e. The molecule has 1 nitrogen and oxygen atoms in total. The van der Waals surface area contributed by atoms with Crippen LogP contribution in [0, 0.1) is 0 Å². The summed E-state index contributed by atoms with van der Waals surface area (Å²) >= 11 is 1.91. The van der Waals surface area contributed by atoms with Gasteiger partial charge in [-0.2, -0.15) is 0 Å². The van der Waals surface area contributed by atoms with E-state index >= 15 is 0 Å². The zero-order chi connectivity index (χ0) is 30.5. The number of benzene rings is 8. The molecule has 2 heteroatoms. The molecule has 0 amide bonds. The fourth-order valence-corrected chi connectivity index (χ4v) is 8.13. The predicted molar refractivity (Wildman–Crippen MR) is 200 cm³/mol. The molecule has 0 aliphatic carbocycles. The molecule has 0 N–H and O–H groups in total. The fraction of sp³-hybridized carbons (Fsp3) is 0. The summed E-state index contributed by atoms with van der Waals surface area (Å²) in [6.45, 7) is 0. The molecule has 0 radical (unpaired) electrons. The van der Waals surface area contributed by atoms with Crippen LogP contribution in [0.25, 0.3) is 64.0 Å². The van der Waals surface area contributed by atoms with Crippen molar-refractivity contribution in [3.63, 3.8) is 0 Å². The van der Waals surface area contributed by atoms with Gasteiger partial charge in [-0.25, -0.2) is 0 Å². The lowest BCUT2D eigenvalue weighted by molar-refractivity contribution is 1.29. The summed E-state index contributed by atoms with van der Waals surface area (Å²) in [5, 5.41) is 7.73. The first-order valence-corrected chi connectivity index (χ1v) is 16.5. The molecular formula is C44H29NS. The van der Waals surface area contributed by atoms with E-state index in [0.29, 0.717) is 0 Å². The van der Waals surface area contributed by atoms with Crippen molar-refractivity contribution in [2.45, 2.75) is 0 Å². The van der Waals surface area contributed by atoms with Gasteiger partial charge < -0.3 is 4.90 Å². The van der Waals surface area contributed by atoms with E-state index in [0.717, 1.165) is 17.1 Å². The molecule has 0 spiro atoms. The van der Waals surface area contributed by atoms with Gasteiger partial charge in [0.25, 0.3) is 0 Å². The molecule has 9 aromatic rings. The van der Waals surface area contributed by atoms with Gasteiger partial charge in [-0.3, -0.25) is 0 Å². The summed E-state index contributed by atoms with van der Waals surface area (Å²) in [5.41, 5.74) is 8.29. The zero-order valence-corrected chi connectivity index (χ0v) is 25.9. The molecule has 46 heavy (non-hydrogen) atoms. The summed E-state index contributed by atoms with van der Waals surface area (Å²) in [4.78, 5) is 2.37. The molecule has 0 fully saturated rings. The summed E-state index contributed by atoms with van der Waals surface area (Å²) in [6.07, 6.45) is 0. The standard InChI is InChI=1S/C44H29NS/c1-2-10-30(11-3-1)35-15-8-16-37(28-35)45(38-26-20-31-12-4-5-14-34(31)29-38)36-24-21-33(22-25-36)40-18-9-19-41-42-27-23-32-13-6-7-17-39(32)44(42)46-43(40)41/h1-29H. The maximum Gasteiger partial charge on any atom is 0.0468 e. The maximum atomic E-state index is 2.37. The lowest BCUT2D eigenvalue weighted by atomic mass is 10.0. The van der Waals surface area contributed by atoms with Crippen molar-refractivity contribution in [1.29, 1.82) is 0 Å². The van der Waals surface area contributed by atoms with E-state index < -0.39 is 0 Å². The highest BCUT2D eigenvalue weighted by molar-refractivity contribution is 7.27. The molecule has 0 saturated heterocycles. The first-order valence-electron chi connectivity index (χ1n) is 15.7. The maximum absolute atomic E-state index is 2.37. The minimum atomic E-state index is 1.12. The molecule has 1 aromatic heterocycles. The van der Waals surface area contributed by atoms with Crippen LogP contribution in [-0.2, 0) is 0 Å². The van der Waals surface area contributed by atoms with Crippen LogP contribution in [0.4, 0.5) is 17.1 Å². The van der Waals surface area contributed by atoms with Crippen molar-refractivity contribution in [2.75, 3.05) is 4.90 Å². The molecule has 9 rings (SSSR count). The third kappa shape index (κ3) is 4.54. The molecule has 8 aromatic carbocycles. The molecule has 0 atom stereocenters. The largest absolute Gasteiger partial charge is 0.310 e. The number of rotatable bonds is 5. The van der Waals surface area contributed by atoms with Crippen molar-refractivity contribution in [3.05, 3.63) is 176 Å². The second kappa shape index (κ2) is 11.0. The third-order valence-electron chi connectivity index (χ3n) is 9.03. The van der Waals surface area contributed by atoms with Gasteiger partial charge in [0.2, 0.25) is 0 Å². The second-order valence-corrected chi connectivity index (χ2v) is 12.8. The SMILES string of the molecule is c1ccc(-c2cccc(N(c3ccc(-c4cccc5c4sc4c6ccccc6ccc54)cc3)c3ccc4ccccc4c3)c2)cc1. The van der Waals surface area contributed by atoms with Gasteiger partial charge in [0.05, 0.1) is 0 Å². The first-order chi connectivity index (χ1) is 22.8. The summed E-state index contributed by atoms with van der Waals surface area (Å²) < 4.78 is 2.70. The highest BCUT2D eigenvalue weighted by atomic mass is 32.1. The van der Waals surface area contributed by atoms with E-state index in [-0.39, 0.29) is 0 Å². The Bertz CT molecular complexity index is 2530. The van der Waals surface area contributed by atoms with E-state index in [4.69, 9.17) is 0 Å². The number of fused-ring (bicyclic) bond motifs is 6. The average Bonchev–Trinajstić information content (AvgIpc) is 3.52. The van der Waals surface area contributed by atoms with Crippen LogP contribution in [0.5, 0.6) is 0 Å². The Labute approximate surface area is 272 Å². The summed E-state index contributed by atoms with van der Waals surface area (Å²) in [6, 6.07) is 63.8. The van der Waals surface area contributed by atoms with Gasteiger partial charge in [0.1, 0.15) is 0 Å². The van der Waals surface area contributed by atoms with Crippen LogP contribution >= 0.6 is 11.3 Å². The molecule has 0 saturated carbocycles. The molecule has 216 valence electrons. The summed E-state index contributed by atoms with van der Waals surface area (Å²) in [5.74, 6) is 0. The van der Waals surface area contributed by atoms with E-state index in [2.05, 4.69) is 181 Å². The van der Waals surface area contributed by atoms with Gasteiger partial charge >= 0.3 is 0 Å². The number of hydrogen-bond donors (Lipinski definition) is 0. The van der Waals surface area contributed by atoms with E-state index in [1.807, 2.05) is 11.3 Å². The van der Waals surface area contributed by atoms with Crippen LogP contribution in [0.15, 0.2) is 176 Å². The van der Waals surface area contributed by atoms with Gasteiger partial charge in [0.15, 0.2) is 0 Å². The van der Waals surface area contributed by atoms with Crippen LogP contribution in [0.1, 0.15) is 0 Å². The predicted octanol–water partition coefficient (Wildman–Crippen LogP) is 13.2. The molecular weight excluding hydrogens is 575 g/mol. The Morgan fingerprint density at radius 1 is 0.326 bits per heavy atom. The second-order valence-electron chi connectivity index (χ2n) is 11.8. The minimum Gasteiger partial charge on any atom is -0.310 e. The highest BCUT2D eigenvalue weighted by Gasteiger charge is 2.16. The van der Waals surface area contributed by atoms with Crippen molar-refractivity contribution >= 4 is 70.1 Å². The van der Waals surface area contributed by atoms with Crippen LogP contribution < -0.4 is 4.90 Å². The first kappa shape index (κ1) is 26.7. The minimum absolute atomic E-state index is 1.12. The quantitative estimate of drug-likeness (QED) is 0.189. The molecule has 0 aliphatic heterocycles. The Balaban J connectivity index is 1.18. The van der Waals surface area contributed by atoms with Crippen molar-refractivity contribution in [3.8, 4) is 22.3 Å². The molecule has 1 heterocycles. The van der Waals surface area contributed by atoms with E-state index in [1.165, 1.54) is 64.0 Å². The lowest BCUT2D eigenvalue weighted by Gasteiger charge is -2.26. The highest BCUT2D eigenvalue weighted by Crippen LogP contribution is 2.44. The summed E-state index contributed by atoms with van der Waals surface area (Å²) in [7, 11) is 0. The van der Waals surface area contributed by atoms with Gasteiger partial charge in [-0.05, 0) is 80.2 Å². The third-order valence-corrected chi connectivity index (χ3v) is 10.3. The monoisotopic (exact) mass is 603 g/mol. The Morgan fingerprint density at radius 2 is 0.957 bits per heavy atom. The van der Waals surface area contributed by atoms with Gasteiger partial charge in [0, 0.05) is 37.2 Å².